The van der Waals surface area contributed by atoms with E-state index in [4.69, 9.17) is 21.1 Å². The Morgan fingerprint density at radius 1 is 1.16 bits per heavy atom. The van der Waals surface area contributed by atoms with Gasteiger partial charge in [0.25, 0.3) is 11.7 Å². The topological polar surface area (TPSA) is 76.1 Å². The molecule has 1 amide bonds. The minimum Gasteiger partial charge on any atom is -0.507 e. The van der Waals surface area contributed by atoms with Crippen LogP contribution in [0.2, 0.25) is 5.02 Å². The Labute approximate surface area is 187 Å². The number of nitrogens with zero attached hydrogens (tertiary/aromatic N) is 1. The van der Waals surface area contributed by atoms with Gasteiger partial charge in [-0.3, -0.25) is 9.59 Å². The Balaban J connectivity index is 2.11. The number of aliphatic hydroxyl groups excluding tert-OH is 1. The molecule has 0 aliphatic carbocycles. The molecule has 0 saturated carbocycles. The van der Waals surface area contributed by atoms with Crippen molar-refractivity contribution in [1.82, 2.24) is 4.90 Å². The largest absolute Gasteiger partial charge is 0.507 e. The first-order valence-electron chi connectivity index (χ1n) is 10.1. The predicted octanol–water partition coefficient (Wildman–Crippen LogP) is 4.59. The van der Waals surface area contributed by atoms with Gasteiger partial charge < -0.3 is 19.5 Å². The average molecular weight is 444 g/mol. The molecule has 164 valence electrons. The molecule has 1 N–H and O–H groups in total. The van der Waals surface area contributed by atoms with Crippen molar-refractivity contribution in [2.75, 3.05) is 20.3 Å². The summed E-state index contributed by atoms with van der Waals surface area (Å²) < 4.78 is 10.9. The molecule has 0 bridgehead atoms. The molecule has 1 aliphatic rings. The van der Waals surface area contributed by atoms with Gasteiger partial charge >= 0.3 is 0 Å². The summed E-state index contributed by atoms with van der Waals surface area (Å²) >= 11 is 5.95. The molecule has 1 aliphatic heterocycles. The molecule has 1 fully saturated rings. The molecule has 31 heavy (non-hydrogen) atoms. The molecule has 6 nitrogen and oxygen atoms in total. The molecule has 0 spiro atoms. The summed E-state index contributed by atoms with van der Waals surface area (Å²) in [5.74, 6) is -0.970. The van der Waals surface area contributed by atoms with E-state index in [1.807, 2.05) is 32.0 Å². The maximum Gasteiger partial charge on any atom is 0.295 e. The summed E-state index contributed by atoms with van der Waals surface area (Å²) in [6.45, 7) is 4.60. The van der Waals surface area contributed by atoms with Crippen molar-refractivity contribution < 1.29 is 24.2 Å². The number of ketones is 1. The molecule has 2 aromatic rings. The number of hydrogen-bond acceptors (Lipinski definition) is 5. The number of amides is 1. The first-order chi connectivity index (χ1) is 14.8. The fraction of sp³-hybridized carbons (Fsp3) is 0.333. The normalized spacial score (nSPS) is 18.1. The number of carbonyl (C=O) groups is 2. The maximum atomic E-state index is 13.0. The van der Waals surface area contributed by atoms with E-state index in [0.717, 1.165) is 0 Å². The summed E-state index contributed by atoms with van der Waals surface area (Å²) in [5, 5.41) is 11.5. The Morgan fingerprint density at radius 3 is 2.52 bits per heavy atom. The molecule has 7 heteroatoms. The number of Topliss-reactive ketones (excluding diaryl/α,β-unsaturated/α-hetero) is 1. The average Bonchev–Trinajstić information content (AvgIpc) is 2.99. The molecule has 2 aromatic carbocycles. The van der Waals surface area contributed by atoms with E-state index < -0.39 is 17.7 Å². The molecule has 0 radical (unpaired) electrons. The highest BCUT2D eigenvalue weighted by Gasteiger charge is 2.45. The zero-order chi connectivity index (χ0) is 22.5. The van der Waals surface area contributed by atoms with Crippen LogP contribution >= 0.6 is 11.6 Å². The van der Waals surface area contributed by atoms with Gasteiger partial charge in [-0.25, -0.2) is 0 Å². The van der Waals surface area contributed by atoms with Crippen molar-refractivity contribution in [3.05, 3.63) is 70.3 Å². The number of likely N-dealkylation sites (tertiary alicyclic amines) is 1. The summed E-state index contributed by atoms with van der Waals surface area (Å²) in [6.07, 6.45) is 0.529. The van der Waals surface area contributed by atoms with Crippen molar-refractivity contribution in [3.63, 3.8) is 0 Å². The third-order valence-corrected chi connectivity index (χ3v) is 5.20. The van der Waals surface area contributed by atoms with Crippen LogP contribution in [-0.4, -0.2) is 48.1 Å². The first kappa shape index (κ1) is 22.8. The number of halogens is 1. The Morgan fingerprint density at radius 2 is 1.87 bits per heavy atom. The van der Waals surface area contributed by atoms with E-state index in [1.165, 1.54) is 4.90 Å². The van der Waals surface area contributed by atoms with Crippen LogP contribution in [-0.2, 0) is 14.3 Å². The lowest BCUT2D eigenvalue weighted by atomic mass is 9.95. The van der Waals surface area contributed by atoms with Gasteiger partial charge in [-0.2, -0.15) is 0 Å². The van der Waals surface area contributed by atoms with Crippen LogP contribution in [0.4, 0.5) is 0 Å². The first-order valence-corrected chi connectivity index (χ1v) is 10.5. The summed E-state index contributed by atoms with van der Waals surface area (Å²) in [5.41, 5.74) is 1.15. The Bertz CT molecular complexity index is 984. The Hall–Kier alpha value is -2.83. The number of ether oxygens (including phenoxy) is 2. The van der Waals surface area contributed by atoms with Gasteiger partial charge in [0.05, 0.1) is 17.7 Å². The van der Waals surface area contributed by atoms with Crippen LogP contribution in [0.1, 0.15) is 37.4 Å². The number of aliphatic hydroxyl groups is 1. The minimum atomic E-state index is -0.733. The molecule has 1 atom stereocenters. The van der Waals surface area contributed by atoms with Crippen molar-refractivity contribution in [1.29, 1.82) is 0 Å². The SMILES string of the molecule is COCCCN1C(=O)C(=O)/C(=C(\O)c2ccc(Cl)cc2)C1c1cccc(OC(C)C)c1. The zero-order valence-electron chi connectivity index (χ0n) is 17.8. The number of rotatable bonds is 8. The molecule has 0 aromatic heterocycles. The maximum absolute atomic E-state index is 13.0. The molecular formula is C24H26ClNO5. The van der Waals surface area contributed by atoms with Gasteiger partial charge in [0.1, 0.15) is 11.5 Å². The highest BCUT2D eigenvalue weighted by atomic mass is 35.5. The smallest absolute Gasteiger partial charge is 0.295 e. The molecule has 1 saturated heterocycles. The molecule has 3 rings (SSSR count). The summed E-state index contributed by atoms with van der Waals surface area (Å²) in [6, 6.07) is 13.0. The van der Waals surface area contributed by atoms with Gasteiger partial charge in [0, 0.05) is 30.8 Å². The van der Waals surface area contributed by atoms with Crippen LogP contribution in [0.15, 0.2) is 54.1 Å². The van der Waals surface area contributed by atoms with E-state index in [2.05, 4.69) is 0 Å². The second-order valence-electron chi connectivity index (χ2n) is 7.58. The number of hydrogen-bond donors (Lipinski definition) is 1. The van der Waals surface area contributed by atoms with Gasteiger partial charge in [0.15, 0.2) is 0 Å². The molecule has 1 heterocycles. The van der Waals surface area contributed by atoms with Crippen molar-refractivity contribution >= 4 is 29.1 Å². The van der Waals surface area contributed by atoms with Crippen LogP contribution in [0.5, 0.6) is 5.75 Å². The van der Waals surface area contributed by atoms with E-state index in [0.29, 0.717) is 41.5 Å². The second-order valence-corrected chi connectivity index (χ2v) is 8.02. The van der Waals surface area contributed by atoms with Gasteiger partial charge in [-0.1, -0.05) is 23.7 Å². The lowest BCUT2D eigenvalue weighted by Crippen LogP contribution is -2.31. The minimum absolute atomic E-state index is 0.0302. The van der Waals surface area contributed by atoms with Gasteiger partial charge in [0.2, 0.25) is 0 Å². The van der Waals surface area contributed by atoms with Crippen molar-refractivity contribution in [2.45, 2.75) is 32.4 Å². The number of benzene rings is 2. The Kier molecular flexibility index (Phi) is 7.36. The van der Waals surface area contributed by atoms with Crippen molar-refractivity contribution in [2.24, 2.45) is 0 Å². The summed E-state index contributed by atoms with van der Waals surface area (Å²) in [7, 11) is 1.58. The van der Waals surface area contributed by atoms with E-state index in [-0.39, 0.29) is 17.4 Å². The number of methoxy groups -OCH3 is 1. The van der Waals surface area contributed by atoms with Crippen LogP contribution in [0.25, 0.3) is 5.76 Å². The van der Waals surface area contributed by atoms with Crippen molar-refractivity contribution in [3.8, 4) is 5.75 Å². The lowest BCUT2D eigenvalue weighted by Gasteiger charge is -2.25. The standard InChI is InChI=1S/C24H26ClNO5/c1-15(2)31-19-7-4-6-17(14-19)21-20(22(27)16-8-10-18(25)11-9-16)23(28)24(29)26(21)12-5-13-30-3/h4,6-11,14-15,21,27H,5,12-13H2,1-3H3/b22-20-. The van der Waals surface area contributed by atoms with E-state index >= 15 is 0 Å². The summed E-state index contributed by atoms with van der Waals surface area (Å²) in [4.78, 5) is 27.3. The quantitative estimate of drug-likeness (QED) is 0.279. The van der Waals surface area contributed by atoms with E-state index in [9.17, 15) is 14.7 Å². The zero-order valence-corrected chi connectivity index (χ0v) is 18.6. The highest BCUT2D eigenvalue weighted by molar-refractivity contribution is 6.46. The fourth-order valence-electron chi connectivity index (χ4n) is 3.63. The van der Waals surface area contributed by atoms with Gasteiger partial charge in [-0.15, -0.1) is 0 Å². The van der Waals surface area contributed by atoms with Crippen LogP contribution < -0.4 is 4.74 Å². The number of carbonyl (C=O) groups excluding carboxylic acids is 2. The monoisotopic (exact) mass is 443 g/mol. The third kappa shape index (κ3) is 5.09. The third-order valence-electron chi connectivity index (χ3n) is 4.95. The van der Waals surface area contributed by atoms with E-state index in [1.54, 1.807) is 37.4 Å². The van der Waals surface area contributed by atoms with Crippen LogP contribution in [0, 0.1) is 0 Å². The second kappa shape index (κ2) is 9.98. The predicted molar refractivity (Wildman–Crippen MR) is 119 cm³/mol. The fourth-order valence-corrected chi connectivity index (χ4v) is 3.76. The lowest BCUT2D eigenvalue weighted by molar-refractivity contribution is -0.140. The highest BCUT2D eigenvalue weighted by Crippen LogP contribution is 2.40. The van der Waals surface area contributed by atoms with Crippen LogP contribution in [0.3, 0.4) is 0 Å². The molecule has 1 unspecified atom stereocenters. The molecular weight excluding hydrogens is 418 g/mol. The van der Waals surface area contributed by atoms with Gasteiger partial charge in [-0.05, 0) is 62.2 Å².